The second-order valence-corrected chi connectivity index (χ2v) is 7.40. The van der Waals surface area contributed by atoms with Crippen molar-refractivity contribution in [1.29, 1.82) is 0 Å². The van der Waals surface area contributed by atoms with Crippen LogP contribution in [0.2, 0.25) is 0 Å². The van der Waals surface area contributed by atoms with Gasteiger partial charge in [-0.2, -0.15) is 4.37 Å². The maximum Gasteiger partial charge on any atom is 0.276 e. The number of hydrogen-bond donors (Lipinski definition) is 2. The van der Waals surface area contributed by atoms with Crippen LogP contribution in [0.4, 0.5) is 5.69 Å². The van der Waals surface area contributed by atoms with Crippen molar-refractivity contribution < 1.29 is 14.3 Å². The molecule has 0 spiro atoms. The molecule has 0 aliphatic heterocycles. The maximum atomic E-state index is 12.6. The van der Waals surface area contributed by atoms with Gasteiger partial charge in [0.25, 0.3) is 11.8 Å². The van der Waals surface area contributed by atoms with Crippen molar-refractivity contribution in [2.75, 3.05) is 12.4 Å². The minimum absolute atomic E-state index is 0.193. The molecule has 0 saturated carbocycles. The monoisotopic (exact) mass is 417 g/mol. The second kappa shape index (κ2) is 8.75. The minimum atomic E-state index is -0.275. The lowest BCUT2D eigenvalue weighted by atomic mass is 10.1. The highest BCUT2D eigenvalue weighted by Crippen LogP contribution is 2.23. The van der Waals surface area contributed by atoms with Crippen molar-refractivity contribution >= 4 is 39.1 Å². The summed E-state index contributed by atoms with van der Waals surface area (Å²) in [4.78, 5) is 25.0. The van der Waals surface area contributed by atoms with Crippen LogP contribution in [0, 0.1) is 0 Å². The quantitative estimate of drug-likeness (QED) is 0.484. The average molecular weight is 417 g/mol. The number of carbonyl (C=O) groups is 2. The standard InChI is InChI=1S/C23H19N3O3S/c1-29-18-6-4-5-15(13-18)14-24-22(27)16-9-11-17(12-10-16)25-23(28)21-19-7-2-3-8-20(19)30-26-21/h2-13H,14H2,1H3,(H,24,27)(H,25,28). The Morgan fingerprint density at radius 1 is 0.967 bits per heavy atom. The van der Waals surface area contributed by atoms with E-state index in [9.17, 15) is 9.59 Å². The number of anilines is 1. The van der Waals surface area contributed by atoms with Crippen LogP contribution in [-0.2, 0) is 6.54 Å². The predicted octanol–water partition coefficient (Wildman–Crippen LogP) is 4.49. The van der Waals surface area contributed by atoms with Gasteiger partial charge in [0.05, 0.1) is 11.8 Å². The number of fused-ring (bicyclic) bond motifs is 1. The highest BCUT2D eigenvalue weighted by atomic mass is 32.1. The van der Waals surface area contributed by atoms with E-state index in [-0.39, 0.29) is 11.8 Å². The fourth-order valence-electron chi connectivity index (χ4n) is 3.01. The third-order valence-corrected chi connectivity index (χ3v) is 5.41. The van der Waals surface area contributed by atoms with Crippen LogP contribution in [0.5, 0.6) is 5.75 Å². The molecular formula is C23H19N3O3S. The molecule has 3 aromatic carbocycles. The SMILES string of the molecule is COc1cccc(CNC(=O)c2ccc(NC(=O)c3nsc4ccccc34)cc2)c1. The molecule has 0 unspecified atom stereocenters. The molecule has 0 aliphatic carbocycles. The van der Waals surface area contributed by atoms with E-state index in [1.54, 1.807) is 31.4 Å². The summed E-state index contributed by atoms with van der Waals surface area (Å²) in [5, 5.41) is 6.54. The molecular weight excluding hydrogens is 398 g/mol. The topological polar surface area (TPSA) is 80.3 Å². The summed E-state index contributed by atoms with van der Waals surface area (Å²) in [5.41, 5.74) is 2.45. The Bertz CT molecular complexity index is 1200. The van der Waals surface area contributed by atoms with Crippen molar-refractivity contribution in [3.63, 3.8) is 0 Å². The molecule has 150 valence electrons. The first-order chi connectivity index (χ1) is 14.6. The van der Waals surface area contributed by atoms with Gasteiger partial charge in [-0.25, -0.2) is 0 Å². The molecule has 6 nitrogen and oxygen atoms in total. The summed E-state index contributed by atoms with van der Waals surface area (Å²) in [6.45, 7) is 0.394. The lowest BCUT2D eigenvalue weighted by molar-refractivity contribution is 0.0950. The van der Waals surface area contributed by atoms with E-state index >= 15 is 0 Å². The number of ether oxygens (including phenoxy) is 1. The van der Waals surface area contributed by atoms with Gasteiger partial charge < -0.3 is 15.4 Å². The number of nitrogens with one attached hydrogen (secondary N) is 2. The van der Waals surface area contributed by atoms with Crippen LogP contribution in [-0.4, -0.2) is 23.3 Å². The molecule has 30 heavy (non-hydrogen) atoms. The fraction of sp³-hybridized carbons (Fsp3) is 0.0870. The van der Waals surface area contributed by atoms with Gasteiger partial charge in [0.1, 0.15) is 11.4 Å². The minimum Gasteiger partial charge on any atom is -0.497 e. The molecule has 0 bridgehead atoms. The molecule has 0 radical (unpaired) electrons. The van der Waals surface area contributed by atoms with Gasteiger partial charge in [0.15, 0.2) is 0 Å². The largest absolute Gasteiger partial charge is 0.497 e. The number of benzene rings is 3. The van der Waals surface area contributed by atoms with Crippen molar-refractivity contribution in [3.8, 4) is 5.75 Å². The first-order valence-electron chi connectivity index (χ1n) is 9.31. The third kappa shape index (κ3) is 4.31. The van der Waals surface area contributed by atoms with Gasteiger partial charge in [-0.1, -0.05) is 30.3 Å². The molecule has 2 amide bonds. The van der Waals surface area contributed by atoms with Gasteiger partial charge in [-0.3, -0.25) is 9.59 Å². The number of nitrogens with zero attached hydrogens (tertiary/aromatic N) is 1. The summed E-state index contributed by atoms with van der Waals surface area (Å²) < 4.78 is 10.4. The Kier molecular flexibility index (Phi) is 5.72. The molecule has 1 heterocycles. The molecule has 0 aliphatic rings. The van der Waals surface area contributed by atoms with Crippen LogP contribution in [0.3, 0.4) is 0 Å². The van der Waals surface area contributed by atoms with Gasteiger partial charge >= 0.3 is 0 Å². The molecule has 0 saturated heterocycles. The van der Waals surface area contributed by atoms with Crippen LogP contribution in [0.15, 0.2) is 72.8 Å². The van der Waals surface area contributed by atoms with Crippen LogP contribution < -0.4 is 15.4 Å². The Morgan fingerprint density at radius 2 is 1.77 bits per heavy atom. The maximum absolute atomic E-state index is 12.6. The Labute approximate surface area is 177 Å². The number of amides is 2. The lowest BCUT2D eigenvalue weighted by Crippen LogP contribution is -2.22. The highest BCUT2D eigenvalue weighted by molar-refractivity contribution is 7.13. The molecule has 7 heteroatoms. The number of carbonyl (C=O) groups excluding carboxylic acids is 2. The first kappa shape index (κ1) is 19.6. The van der Waals surface area contributed by atoms with Crippen LogP contribution in [0.25, 0.3) is 10.1 Å². The molecule has 0 fully saturated rings. The van der Waals surface area contributed by atoms with Crippen LogP contribution in [0.1, 0.15) is 26.4 Å². The number of aromatic nitrogens is 1. The fourth-order valence-corrected chi connectivity index (χ4v) is 3.79. The lowest BCUT2D eigenvalue weighted by Gasteiger charge is -2.08. The Hall–Kier alpha value is -3.71. The average Bonchev–Trinajstić information content (AvgIpc) is 3.22. The Balaban J connectivity index is 1.38. The van der Waals surface area contributed by atoms with Crippen molar-refractivity contribution in [2.24, 2.45) is 0 Å². The van der Waals surface area contributed by atoms with Gasteiger partial charge in [0.2, 0.25) is 0 Å². The number of methoxy groups -OCH3 is 1. The summed E-state index contributed by atoms with van der Waals surface area (Å²) >= 11 is 1.29. The van der Waals surface area contributed by atoms with Crippen LogP contribution >= 0.6 is 11.5 Å². The Morgan fingerprint density at radius 3 is 2.57 bits per heavy atom. The van der Waals surface area contributed by atoms with Crippen molar-refractivity contribution in [2.45, 2.75) is 6.54 Å². The normalized spacial score (nSPS) is 10.6. The summed E-state index contributed by atoms with van der Waals surface area (Å²) in [6, 6.07) is 21.9. The zero-order valence-corrected chi connectivity index (χ0v) is 17.0. The summed E-state index contributed by atoms with van der Waals surface area (Å²) in [6.07, 6.45) is 0. The number of rotatable bonds is 6. The molecule has 2 N–H and O–H groups in total. The van der Waals surface area contributed by atoms with Gasteiger partial charge in [0, 0.05) is 23.2 Å². The zero-order chi connectivity index (χ0) is 20.9. The van der Waals surface area contributed by atoms with E-state index in [0.717, 1.165) is 21.4 Å². The van der Waals surface area contributed by atoms with E-state index < -0.39 is 0 Å². The third-order valence-electron chi connectivity index (χ3n) is 4.58. The van der Waals surface area contributed by atoms with Gasteiger partial charge in [-0.05, 0) is 59.6 Å². The zero-order valence-electron chi connectivity index (χ0n) is 16.2. The van der Waals surface area contributed by atoms with Gasteiger partial charge in [-0.15, -0.1) is 0 Å². The van der Waals surface area contributed by atoms with Crippen molar-refractivity contribution in [1.82, 2.24) is 9.69 Å². The highest BCUT2D eigenvalue weighted by Gasteiger charge is 2.14. The first-order valence-corrected chi connectivity index (χ1v) is 10.1. The summed E-state index contributed by atoms with van der Waals surface area (Å²) in [7, 11) is 1.61. The number of hydrogen-bond acceptors (Lipinski definition) is 5. The molecule has 4 rings (SSSR count). The van der Waals surface area contributed by atoms with E-state index in [2.05, 4.69) is 15.0 Å². The second-order valence-electron chi connectivity index (χ2n) is 6.59. The molecule has 4 aromatic rings. The smallest absolute Gasteiger partial charge is 0.276 e. The van der Waals surface area contributed by atoms with E-state index in [1.165, 1.54) is 11.5 Å². The van der Waals surface area contributed by atoms with E-state index in [4.69, 9.17) is 4.74 Å². The van der Waals surface area contributed by atoms with Crippen molar-refractivity contribution in [3.05, 3.63) is 89.6 Å². The predicted molar refractivity (Wildman–Crippen MR) is 118 cm³/mol. The molecule has 1 aromatic heterocycles. The van der Waals surface area contributed by atoms with E-state index in [0.29, 0.717) is 23.5 Å². The van der Waals surface area contributed by atoms with E-state index in [1.807, 2.05) is 48.5 Å². The molecule has 0 atom stereocenters. The summed E-state index contributed by atoms with van der Waals surface area (Å²) in [5.74, 6) is 0.276.